The van der Waals surface area contributed by atoms with Crippen LogP contribution in [0.25, 0.3) is 0 Å². The first-order valence-corrected chi connectivity index (χ1v) is 6.62. The summed E-state index contributed by atoms with van der Waals surface area (Å²) in [7, 11) is 1.89. The van der Waals surface area contributed by atoms with E-state index in [1.807, 2.05) is 73.5 Å². The van der Waals surface area contributed by atoms with E-state index in [9.17, 15) is 4.79 Å². The maximum Gasteiger partial charge on any atom is 0.325 e. The van der Waals surface area contributed by atoms with Gasteiger partial charge in [0.1, 0.15) is 13.2 Å². The molecule has 2 aromatic rings. The second-order valence-electron chi connectivity index (χ2n) is 4.84. The first kappa shape index (κ1) is 14.1. The van der Waals surface area contributed by atoms with Crippen LogP contribution in [-0.2, 0) is 16.1 Å². The quantitative estimate of drug-likeness (QED) is 0.781. The highest BCUT2D eigenvalue weighted by Gasteiger charge is 2.08. The van der Waals surface area contributed by atoms with E-state index in [4.69, 9.17) is 4.74 Å². The number of anilines is 1. The molecule has 0 spiro atoms. The normalized spacial score (nSPS) is 10.1. The number of carbonyl (C=O) groups excluding carboxylic acids is 1. The van der Waals surface area contributed by atoms with E-state index in [-0.39, 0.29) is 12.5 Å². The molecule has 0 radical (unpaired) electrons. The zero-order valence-electron chi connectivity index (χ0n) is 11.9. The fraction of sp³-hybridized carbons (Fsp3) is 0.235. The van der Waals surface area contributed by atoms with Crippen molar-refractivity contribution in [3.05, 3.63) is 65.7 Å². The van der Waals surface area contributed by atoms with E-state index < -0.39 is 0 Å². The van der Waals surface area contributed by atoms with Gasteiger partial charge >= 0.3 is 5.97 Å². The van der Waals surface area contributed by atoms with E-state index >= 15 is 0 Å². The largest absolute Gasteiger partial charge is 0.459 e. The zero-order valence-corrected chi connectivity index (χ0v) is 11.9. The van der Waals surface area contributed by atoms with Gasteiger partial charge in [-0.05, 0) is 30.2 Å². The molecule has 0 bridgehead atoms. The zero-order chi connectivity index (χ0) is 14.4. The Morgan fingerprint density at radius 2 is 1.85 bits per heavy atom. The van der Waals surface area contributed by atoms with Crippen LogP contribution in [-0.4, -0.2) is 19.6 Å². The number of hydrogen-bond acceptors (Lipinski definition) is 3. The molecule has 0 aliphatic rings. The molecule has 0 amide bonds. The number of aryl methyl sites for hydroxylation is 1. The molecule has 0 saturated heterocycles. The van der Waals surface area contributed by atoms with Crippen molar-refractivity contribution in [1.82, 2.24) is 0 Å². The average Bonchev–Trinajstić information content (AvgIpc) is 2.46. The van der Waals surface area contributed by atoms with Gasteiger partial charge in [0, 0.05) is 12.7 Å². The van der Waals surface area contributed by atoms with Crippen molar-refractivity contribution in [3.63, 3.8) is 0 Å². The van der Waals surface area contributed by atoms with Crippen molar-refractivity contribution in [3.8, 4) is 0 Å². The summed E-state index contributed by atoms with van der Waals surface area (Å²) in [6.45, 7) is 2.60. The first-order valence-electron chi connectivity index (χ1n) is 6.62. The Morgan fingerprint density at radius 1 is 1.10 bits per heavy atom. The van der Waals surface area contributed by atoms with Gasteiger partial charge in [0.2, 0.25) is 0 Å². The van der Waals surface area contributed by atoms with Gasteiger partial charge in [-0.2, -0.15) is 0 Å². The summed E-state index contributed by atoms with van der Waals surface area (Å²) < 4.78 is 5.27. The Bertz CT molecular complexity index is 566. The maximum atomic E-state index is 11.8. The SMILES string of the molecule is Cc1cccc(N(C)CC(=O)OCc2ccccc2)c1. The van der Waals surface area contributed by atoms with Crippen LogP contribution >= 0.6 is 0 Å². The number of esters is 1. The molecule has 20 heavy (non-hydrogen) atoms. The van der Waals surface area contributed by atoms with Crippen LogP contribution in [0, 0.1) is 6.92 Å². The van der Waals surface area contributed by atoms with Crippen molar-refractivity contribution < 1.29 is 9.53 Å². The minimum absolute atomic E-state index is 0.224. The number of ether oxygens (including phenoxy) is 1. The van der Waals surface area contributed by atoms with Gasteiger partial charge in [-0.25, -0.2) is 0 Å². The molecule has 104 valence electrons. The summed E-state index contributed by atoms with van der Waals surface area (Å²) in [6.07, 6.45) is 0. The third-order valence-electron chi connectivity index (χ3n) is 3.05. The van der Waals surface area contributed by atoms with E-state index in [1.54, 1.807) is 0 Å². The van der Waals surface area contributed by atoms with Gasteiger partial charge in [0.25, 0.3) is 0 Å². The number of likely N-dealkylation sites (N-methyl/N-ethyl adjacent to an activating group) is 1. The van der Waals surface area contributed by atoms with Gasteiger partial charge in [-0.15, -0.1) is 0 Å². The van der Waals surface area contributed by atoms with Crippen LogP contribution in [0.1, 0.15) is 11.1 Å². The molecule has 0 fully saturated rings. The molecule has 0 aliphatic heterocycles. The molecule has 0 aromatic heterocycles. The lowest BCUT2D eigenvalue weighted by Gasteiger charge is -2.18. The number of nitrogens with zero attached hydrogens (tertiary/aromatic N) is 1. The molecule has 0 unspecified atom stereocenters. The van der Waals surface area contributed by atoms with Gasteiger partial charge in [0.05, 0.1) is 0 Å². The smallest absolute Gasteiger partial charge is 0.325 e. The minimum atomic E-state index is -0.224. The molecule has 3 heteroatoms. The molecule has 0 saturated carbocycles. The fourth-order valence-electron chi connectivity index (χ4n) is 1.93. The van der Waals surface area contributed by atoms with Crippen LogP contribution in [0.3, 0.4) is 0 Å². The second-order valence-corrected chi connectivity index (χ2v) is 4.84. The molecule has 0 heterocycles. The predicted octanol–water partition coefficient (Wildman–Crippen LogP) is 3.17. The lowest BCUT2D eigenvalue weighted by Crippen LogP contribution is -2.27. The Balaban J connectivity index is 1.85. The van der Waals surface area contributed by atoms with Crippen LogP contribution in [0.4, 0.5) is 5.69 Å². The van der Waals surface area contributed by atoms with E-state index in [1.165, 1.54) is 5.56 Å². The summed E-state index contributed by atoms with van der Waals surface area (Å²) >= 11 is 0. The molecule has 2 rings (SSSR count). The topological polar surface area (TPSA) is 29.5 Å². The average molecular weight is 269 g/mol. The Hall–Kier alpha value is -2.29. The molecule has 0 N–H and O–H groups in total. The highest BCUT2D eigenvalue weighted by Crippen LogP contribution is 2.14. The minimum Gasteiger partial charge on any atom is -0.459 e. The Kier molecular flexibility index (Phi) is 4.77. The lowest BCUT2D eigenvalue weighted by atomic mass is 10.2. The highest BCUT2D eigenvalue weighted by molar-refractivity contribution is 5.75. The maximum absolute atomic E-state index is 11.8. The third kappa shape index (κ3) is 4.12. The van der Waals surface area contributed by atoms with Crippen LogP contribution in [0.15, 0.2) is 54.6 Å². The predicted molar refractivity (Wildman–Crippen MR) is 80.7 cm³/mol. The highest BCUT2D eigenvalue weighted by atomic mass is 16.5. The van der Waals surface area contributed by atoms with Crippen LogP contribution in [0.5, 0.6) is 0 Å². The third-order valence-corrected chi connectivity index (χ3v) is 3.05. The Labute approximate surface area is 119 Å². The van der Waals surface area contributed by atoms with Crippen molar-refractivity contribution in [2.45, 2.75) is 13.5 Å². The van der Waals surface area contributed by atoms with E-state index in [2.05, 4.69) is 0 Å². The Morgan fingerprint density at radius 3 is 2.55 bits per heavy atom. The van der Waals surface area contributed by atoms with Gasteiger partial charge in [0.15, 0.2) is 0 Å². The van der Waals surface area contributed by atoms with Crippen molar-refractivity contribution in [1.29, 1.82) is 0 Å². The van der Waals surface area contributed by atoms with Gasteiger partial charge in [-0.1, -0.05) is 42.5 Å². The van der Waals surface area contributed by atoms with Crippen molar-refractivity contribution in [2.75, 3.05) is 18.5 Å². The second kappa shape index (κ2) is 6.75. The monoisotopic (exact) mass is 269 g/mol. The van der Waals surface area contributed by atoms with Crippen molar-refractivity contribution >= 4 is 11.7 Å². The first-order chi connectivity index (χ1) is 9.65. The van der Waals surface area contributed by atoms with Crippen LogP contribution < -0.4 is 4.90 Å². The lowest BCUT2D eigenvalue weighted by molar-refractivity contribution is -0.143. The summed E-state index contributed by atoms with van der Waals surface area (Å²) in [5.41, 5.74) is 3.19. The molecule has 0 atom stereocenters. The van der Waals surface area contributed by atoms with Crippen LogP contribution in [0.2, 0.25) is 0 Å². The number of hydrogen-bond donors (Lipinski definition) is 0. The molecule has 0 aliphatic carbocycles. The molecular formula is C17H19NO2. The van der Waals surface area contributed by atoms with Crippen molar-refractivity contribution in [2.24, 2.45) is 0 Å². The summed E-state index contributed by atoms with van der Waals surface area (Å²) in [6, 6.07) is 17.7. The summed E-state index contributed by atoms with van der Waals surface area (Å²) in [5, 5.41) is 0. The molecule has 3 nitrogen and oxygen atoms in total. The summed E-state index contributed by atoms with van der Waals surface area (Å²) in [5.74, 6) is -0.224. The number of benzene rings is 2. The number of rotatable bonds is 5. The molecular weight excluding hydrogens is 250 g/mol. The van der Waals surface area contributed by atoms with Gasteiger partial charge in [-0.3, -0.25) is 4.79 Å². The van der Waals surface area contributed by atoms with E-state index in [0.29, 0.717) is 6.61 Å². The fourth-order valence-corrected chi connectivity index (χ4v) is 1.93. The molecule has 2 aromatic carbocycles. The number of carbonyl (C=O) groups is 1. The standard InChI is InChI=1S/C17H19NO2/c1-14-7-6-10-16(11-14)18(2)12-17(19)20-13-15-8-4-3-5-9-15/h3-11H,12-13H2,1-2H3. The van der Waals surface area contributed by atoms with Gasteiger partial charge < -0.3 is 9.64 Å². The summed E-state index contributed by atoms with van der Waals surface area (Å²) in [4.78, 5) is 13.7. The van der Waals surface area contributed by atoms with E-state index in [0.717, 1.165) is 11.3 Å².